The van der Waals surface area contributed by atoms with Gasteiger partial charge in [-0.15, -0.1) is 0 Å². The van der Waals surface area contributed by atoms with Crippen molar-refractivity contribution in [3.05, 3.63) is 47.1 Å². The smallest absolute Gasteiger partial charge is 0.226 e. The number of fused-ring (bicyclic) bond motifs is 1. The largest absolute Gasteiger partial charge is 0.382 e. The second-order valence-electron chi connectivity index (χ2n) is 5.61. The van der Waals surface area contributed by atoms with Gasteiger partial charge in [-0.3, -0.25) is 4.79 Å². The zero-order chi connectivity index (χ0) is 17.6. The van der Waals surface area contributed by atoms with Crippen LogP contribution in [0.15, 0.2) is 30.9 Å². The zero-order valence-corrected chi connectivity index (χ0v) is 14.4. The standard InChI is InChI=1S/C16H15N7OS/c1-8-12(20-7-23(8)2)13(24)14-15(17)22-16(25-14)21-9-3-4-10-11(5-9)19-6-18-10/h3-7H,17H2,1-2H3,(H,18,19)(H,21,22). The molecule has 8 nitrogen and oxygen atoms in total. The predicted molar refractivity (Wildman–Crippen MR) is 97.3 cm³/mol. The van der Waals surface area contributed by atoms with Crippen molar-refractivity contribution in [3.63, 3.8) is 0 Å². The summed E-state index contributed by atoms with van der Waals surface area (Å²) < 4.78 is 1.79. The first-order valence-corrected chi connectivity index (χ1v) is 8.33. The number of rotatable bonds is 4. The van der Waals surface area contributed by atoms with Gasteiger partial charge >= 0.3 is 0 Å². The van der Waals surface area contributed by atoms with Crippen LogP contribution in [0.4, 0.5) is 16.6 Å². The summed E-state index contributed by atoms with van der Waals surface area (Å²) in [5.41, 5.74) is 9.76. The SMILES string of the molecule is Cc1c(C(=O)c2sc(Nc3ccc4nc[nH]c4c3)nc2N)ncn1C. The number of nitrogens with zero attached hydrogens (tertiary/aromatic N) is 4. The van der Waals surface area contributed by atoms with Crippen LogP contribution < -0.4 is 11.1 Å². The maximum Gasteiger partial charge on any atom is 0.226 e. The van der Waals surface area contributed by atoms with Gasteiger partial charge in [0.15, 0.2) is 5.13 Å². The summed E-state index contributed by atoms with van der Waals surface area (Å²) in [6, 6.07) is 5.71. The van der Waals surface area contributed by atoms with Crippen molar-refractivity contribution in [2.24, 2.45) is 7.05 Å². The van der Waals surface area contributed by atoms with E-state index in [0.29, 0.717) is 15.7 Å². The summed E-state index contributed by atoms with van der Waals surface area (Å²) in [5, 5.41) is 3.72. The third kappa shape index (κ3) is 2.64. The molecular weight excluding hydrogens is 338 g/mol. The topological polar surface area (TPSA) is 115 Å². The van der Waals surface area contributed by atoms with Crippen LogP contribution >= 0.6 is 11.3 Å². The molecule has 0 radical (unpaired) electrons. The van der Waals surface area contributed by atoms with Crippen LogP contribution in [0.25, 0.3) is 11.0 Å². The number of aryl methyl sites for hydroxylation is 1. The number of nitrogens with two attached hydrogens (primary N) is 1. The first-order chi connectivity index (χ1) is 12.0. The van der Waals surface area contributed by atoms with E-state index < -0.39 is 0 Å². The fourth-order valence-electron chi connectivity index (χ4n) is 2.51. The molecule has 0 aliphatic rings. The molecule has 3 heterocycles. The van der Waals surface area contributed by atoms with E-state index >= 15 is 0 Å². The lowest BCUT2D eigenvalue weighted by Crippen LogP contribution is -2.05. The molecule has 0 unspecified atom stereocenters. The Hall–Kier alpha value is -3.20. The van der Waals surface area contributed by atoms with Crippen molar-refractivity contribution in [1.82, 2.24) is 24.5 Å². The first kappa shape index (κ1) is 15.3. The van der Waals surface area contributed by atoms with Gasteiger partial charge in [-0.1, -0.05) is 11.3 Å². The van der Waals surface area contributed by atoms with Crippen molar-refractivity contribution in [1.29, 1.82) is 0 Å². The number of anilines is 3. The number of nitrogen functional groups attached to an aromatic ring is 1. The maximum absolute atomic E-state index is 12.7. The van der Waals surface area contributed by atoms with Gasteiger partial charge < -0.3 is 20.6 Å². The van der Waals surface area contributed by atoms with E-state index in [9.17, 15) is 4.79 Å². The molecule has 0 spiro atoms. The number of thiazole rings is 1. The van der Waals surface area contributed by atoms with E-state index in [1.165, 1.54) is 11.3 Å². The van der Waals surface area contributed by atoms with Gasteiger partial charge in [0.25, 0.3) is 0 Å². The van der Waals surface area contributed by atoms with Gasteiger partial charge in [0, 0.05) is 18.4 Å². The van der Waals surface area contributed by atoms with Crippen molar-refractivity contribution in [2.45, 2.75) is 6.92 Å². The molecule has 126 valence electrons. The number of aromatic nitrogens is 5. The number of aromatic amines is 1. The average molecular weight is 353 g/mol. The third-order valence-corrected chi connectivity index (χ3v) is 4.96. The molecular formula is C16H15N7OS. The molecule has 4 aromatic rings. The predicted octanol–water partition coefficient (Wildman–Crippen LogP) is 2.62. The molecule has 1 aromatic carbocycles. The van der Waals surface area contributed by atoms with Crippen LogP contribution in [0.3, 0.4) is 0 Å². The summed E-state index contributed by atoms with van der Waals surface area (Å²) in [4.78, 5) is 28.7. The Morgan fingerprint density at radius 2 is 2.20 bits per heavy atom. The number of hydrogen-bond donors (Lipinski definition) is 3. The van der Waals surface area contributed by atoms with E-state index in [4.69, 9.17) is 5.73 Å². The van der Waals surface area contributed by atoms with Crippen LogP contribution in [-0.4, -0.2) is 30.3 Å². The molecule has 0 saturated heterocycles. The van der Waals surface area contributed by atoms with Crippen molar-refractivity contribution >= 4 is 44.8 Å². The number of carbonyl (C=O) groups excluding carboxylic acids is 1. The molecule has 0 aliphatic carbocycles. The molecule has 3 aromatic heterocycles. The molecule has 0 amide bonds. The highest BCUT2D eigenvalue weighted by Gasteiger charge is 2.22. The van der Waals surface area contributed by atoms with Crippen LogP contribution in [0.5, 0.6) is 0 Å². The second kappa shape index (κ2) is 5.71. The summed E-state index contributed by atoms with van der Waals surface area (Å²) in [7, 11) is 1.84. The Labute approximate surface area is 146 Å². The molecule has 4 N–H and O–H groups in total. The zero-order valence-electron chi connectivity index (χ0n) is 13.6. The van der Waals surface area contributed by atoms with Gasteiger partial charge in [0.1, 0.15) is 16.4 Å². The number of hydrogen-bond acceptors (Lipinski definition) is 7. The summed E-state index contributed by atoms with van der Waals surface area (Å²) >= 11 is 1.21. The number of imidazole rings is 2. The highest BCUT2D eigenvalue weighted by Crippen LogP contribution is 2.30. The van der Waals surface area contributed by atoms with E-state index in [2.05, 4.69) is 25.3 Å². The Bertz CT molecular complexity index is 1090. The van der Waals surface area contributed by atoms with Gasteiger partial charge in [0.2, 0.25) is 5.78 Å². The van der Waals surface area contributed by atoms with Gasteiger partial charge in [-0.2, -0.15) is 0 Å². The minimum absolute atomic E-state index is 0.199. The monoisotopic (exact) mass is 353 g/mol. The molecule has 4 rings (SSSR count). The summed E-state index contributed by atoms with van der Waals surface area (Å²) in [6.07, 6.45) is 3.25. The molecule has 0 atom stereocenters. The quantitative estimate of drug-likeness (QED) is 0.486. The summed E-state index contributed by atoms with van der Waals surface area (Å²) in [5.74, 6) is -0.0182. The molecule has 0 saturated carbocycles. The van der Waals surface area contributed by atoms with Gasteiger partial charge in [0.05, 0.1) is 23.7 Å². The van der Waals surface area contributed by atoms with Crippen molar-refractivity contribution in [3.8, 4) is 0 Å². The number of benzene rings is 1. The van der Waals surface area contributed by atoms with Crippen LogP contribution in [0, 0.1) is 6.92 Å². The van der Waals surface area contributed by atoms with Crippen LogP contribution in [0.2, 0.25) is 0 Å². The minimum atomic E-state index is -0.217. The average Bonchev–Trinajstić information content (AvgIpc) is 3.27. The minimum Gasteiger partial charge on any atom is -0.382 e. The lowest BCUT2D eigenvalue weighted by atomic mass is 10.2. The second-order valence-corrected chi connectivity index (χ2v) is 6.61. The van der Waals surface area contributed by atoms with Crippen molar-refractivity contribution in [2.75, 3.05) is 11.1 Å². The van der Waals surface area contributed by atoms with E-state index in [-0.39, 0.29) is 11.6 Å². The molecule has 9 heteroatoms. The Kier molecular flexibility index (Phi) is 3.50. The molecule has 25 heavy (non-hydrogen) atoms. The Balaban J connectivity index is 1.63. The summed E-state index contributed by atoms with van der Waals surface area (Å²) in [6.45, 7) is 1.84. The van der Waals surface area contributed by atoms with E-state index in [1.807, 2.05) is 32.2 Å². The van der Waals surface area contributed by atoms with Crippen LogP contribution in [0.1, 0.15) is 21.1 Å². The van der Waals surface area contributed by atoms with E-state index in [1.54, 1.807) is 17.2 Å². The highest BCUT2D eigenvalue weighted by molar-refractivity contribution is 7.18. The third-order valence-electron chi connectivity index (χ3n) is 3.98. The number of ketones is 1. The highest BCUT2D eigenvalue weighted by atomic mass is 32.1. The normalized spacial score (nSPS) is 11.1. The Morgan fingerprint density at radius 1 is 1.36 bits per heavy atom. The lowest BCUT2D eigenvalue weighted by molar-refractivity contribution is 0.103. The first-order valence-electron chi connectivity index (χ1n) is 7.52. The Morgan fingerprint density at radius 3 is 2.96 bits per heavy atom. The number of carbonyl (C=O) groups is 1. The lowest BCUT2D eigenvalue weighted by Gasteiger charge is -2.01. The fraction of sp³-hybridized carbons (Fsp3) is 0.125. The fourth-order valence-corrected chi connectivity index (χ4v) is 3.35. The number of H-pyrrole nitrogens is 1. The molecule has 0 bridgehead atoms. The van der Waals surface area contributed by atoms with Gasteiger partial charge in [-0.05, 0) is 25.1 Å². The maximum atomic E-state index is 12.7. The molecule has 0 aliphatic heterocycles. The van der Waals surface area contributed by atoms with E-state index in [0.717, 1.165) is 22.4 Å². The van der Waals surface area contributed by atoms with Gasteiger partial charge in [-0.25, -0.2) is 15.0 Å². The van der Waals surface area contributed by atoms with Crippen molar-refractivity contribution < 1.29 is 4.79 Å². The van der Waals surface area contributed by atoms with Crippen LogP contribution in [-0.2, 0) is 7.05 Å². The number of nitrogens with one attached hydrogen (secondary N) is 2. The molecule has 0 fully saturated rings.